The summed E-state index contributed by atoms with van der Waals surface area (Å²) in [6.45, 7) is 4.50. The van der Waals surface area contributed by atoms with Gasteiger partial charge >= 0.3 is 5.97 Å². The molecule has 1 aliphatic carbocycles. The van der Waals surface area contributed by atoms with Crippen LogP contribution in [0.4, 0.5) is 0 Å². The molecule has 4 nitrogen and oxygen atoms in total. The predicted molar refractivity (Wildman–Crippen MR) is 125 cm³/mol. The minimum absolute atomic E-state index is 0.0197. The number of hydrogen-bond acceptors (Lipinski definition) is 5. The smallest absolute Gasteiger partial charge is 0.344 e. The van der Waals surface area contributed by atoms with Crippen LogP contribution in [0.5, 0.6) is 0 Å². The molecule has 2 bridgehead atoms. The first-order valence-electron chi connectivity index (χ1n) is 11.9. The van der Waals surface area contributed by atoms with Crippen molar-refractivity contribution in [3.05, 3.63) is 44.8 Å². The fourth-order valence-electron chi connectivity index (χ4n) is 6.25. The Balaban J connectivity index is 1.27. The van der Waals surface area contributed by atoms with Gasteiger partial charge in [0.15, 0.2) is 11.7 Å². The lowest BCUT2D eigenvalue weighted by Crippen LogP contribution is -2.65. The topological polar surface area (TPSA) is 46.5 Å². The Morgan fingerprint density at radius 1 is 1.10 bits per heavy atom. The average molecular weight is 461 g/mol. The zero-order chi connectivity index (χ0) is 21.3. The number of hydrogen-bond donors (Lipinski definition) is 1. The molecule has 2 aromatic rings. The lowest BCUT2D eigenvalue weighted by Gasteiger charge is -2.52. The van der Waals surface area contributed by atoms with Crippen LogP contribution in [-0.2, 0) is 21.6 Å². The summed E-state index contributed by atoms with van der Waals surface area (Å²) in [5, 5.41) is 15.8. The molecule has 6 heteroatoms. The van der Waals surface area contributed by atoms with E-state index in [1.54, 1.807) is 0 Å². The van der Waals surface area contributed by atoms with E-state index in [1.807, 2.05) is 28.8 Å². The van der Waals surface area contributed by atoms with E-state index in [0.717, 1.165) is 67.4 Å². The summed E-state index contributed by atoms with van der Waals surface area (Å²) in [6.07, 6.45) is 8.53. The fraction of sp³-hybridized carbons (Fsp3) is 0.640. The number of carbonyl (C=O) groups excluding carboxylic acids is 1. The van der Waals surface area contributed by atoms with Gasteiger partial charge < -0.3 is 14.3 Å². The van der Waals surface area contributed by atoms with Crippen molar-refractivity contribution in [2.45, 2.75) is 63.1 Å². The number of carbonyl (C=O) groups is 1. The third kappa shape index (κ3) is 4.24. The van der Waals surface area contributed by atoms with Crippen LogP contribution in [0.25, 0.3) is 0 Å². The minimum Gasteiger partial charge on any atom is -0.454 e. The summed E-state index contributed by atoms with van der Waals surface area (Å²) < 4.78 is 7.29. The number of ether oxygens (including phenoxy) is 1. The van der Waals surface area contributed by atoms with Gasteiger partial charge in [-0.1, -0.05) is 25.0 Å². The number of aryl methyl sites for hydroxylation is 1. The van der Waals surface area contributed by atoms with Crippen molar-refractivity contribution in [1.82, 2.24) is 0 Å². The zero-order valence-corrected chi connectivity index (χ0v) is 19.8. The van der Waals surface area contributed by atoms with Crippen LogP contribution in [0.1, 0.15) is 54.7 Å². The monoisotopic (exact) mass is 460 g/mol. The van der Waals surface area contributed by atoms with Crippen molar-refractivity contribution in [2.75, 3.05) is 26.2 Å². The van der Waals surface area contributed by atoms with E-state index < -0.39 is 11.6 Å². The van der Waals surface area contributed by atoms with E-state index in [4.69, 9.17) is 4.74 Å². The molecule has 1 N–H and O–H groups in total. The molecular weight excluding hydrogens is 426 g/mol. The van der Waals surface area contributed by atoms with Gasteiger partial charge in [-0.05, 0) is 42.2 Å². The van der Waals surface area contributed by atoms with Crippen molar-refractivity contribution < 1.29 is 19.1 Å². The SMILES string of the molecule is O=C(O[C@H]1C[N+]2(CCCc3cccs3)CCC1CC2)[C@](O)(c1cccs1)C1CCCC1. The first-order chi connectivity index (χ1) is 15.1. The standard InChI is InChI=1S/C25H34NO3S2/c27-24(25(28,20-6-1-2-7-20)23-10-5-17-31-23)29-22-18-26(14-11-19(22)12-15-26)13-3-8-21-9-4-16-30-21/h4-5,9-10,16-17,19-20,22,28H,1-3,6-8,11-15,18H2/q+1/t19?,22-,25+,26?/m0/s1. The van der Waals surface area contributed by atoms with Gasteiger partial charge in [0.25, 0.3) is 0 Å². The van der Waals surface area contributed by atoms with Crippen LogP contribution in [0, 0.1) is 11.8 Å². The maximum Gasteiger partial charge on any atom is 0.344 e. The molecule has 0 aromatic carbocycles. The second-order valence-electron chi connectivity index (χ2n) is 9.88. The van der Waals surface area contributed by atoms with E-state index in [-0.39, 0.29) is 12.0 Å². The van der Waals surface area contributed by atoms with Crippen LogP contribution in [0.2, 0.25) is 0 Å². The molecule has 0 unspecified atom stereocenters. The quantitative estimate of drug-likeness (QED) is 0.447. The highest BCUT2D eigenvalue weighted by Crippen LogP contribution is 2.44. The highest BCUT2D eigenvalue weighted by molar-refractivity contribution is 7.10. The Morgan fingerprint density at radius 2 is 1.84 bits per heavy atom. The first kappa shape index (κ1) is 21.6. The van der Waals surface area contributed by atoms with Crippen LogP contribution in [0.3, 0.4) is 0 Å². The van der Waals surface area contributed by atoms with Gasteiger partial charge in [-0.2, -0.15) is 0 Å². The van der Waals surface area contributed by atoms with Gasteiger partial charge in [0.05, 0.1) is 19.6 Å². The van der Waals surface area contributed by atoms with Gasteiger partial charge in [-0.15, -0.1) is 22.7 Å². The second-order valence-corrected chi connectivity index (χ2v) is 11.9. The maximum atomic E-state index is 13.5. The lowest BCUT2D eigenvalue weighted by molar-refractivity contribution is -0.946. The fourth-order valence-corrected chi connectivity index (χ4v) is 7.89. The van der Waals surface area contributed by atoms with Crippen molar-refractivity contribution in [1.29, 1.82) is 0 Å². The number of thiophene rings is 2. The van der Waals surface area contributed by atoms with Crippen molar-refractivity contribution in [3.63, 3.8) is 0 Å². The molecule has 168 valence electrons. The Kier molecular flexibility index (Phi) is 6.26. The molecule has 3 aliphatic heterocycles. The minimum atomic E-state index is -1.47. The van der Waals surface area contributed by atoms with E-state index >= 15 is 0 Å². The molecule has 2 atom stereocenters. The van der Waals surface area contributed by atoms with E-state index in [0.29, 0.717) is 5.92 Å². The predicted octanol–water partition coefficient (Wildman–Crippen LogP) is 4.97. The number of piperidine rings is 3. The molecule has 6 rings (SSSR count). The van der Waals surface area contributed by atoms with E-state index in [9.17, 15) is 9.90 Å². The molecule has 4 fully saturated rings. The Morgan fingerprint density at radius 3 is 2.52 bits per heavy atom. The molecular formula is C25H34NO3S2+. The molecule has 2 aromatic heterocycles. The number of fused-ring (bicyclic) bond motifs is 3. The van der Waals surface area contributed by atoms with Gasteiger partial charge in [-0.25, -0.2) is 4.79 Å². The molecule has 31 heavy (non-hydrogen) atoms. The van der Waals surface area contributed by atoms with Crippen LogP contribution < -0.4 is 0 Å². The summed E-state index contributed by atoms with van der Waals surface area (Å²) in [4.78, 5) is 15.7. The highest BCUT2D eigenvalue weighted by atomic mass is 32.1. The largest absolute Gasteiger partial charge is 0.454 e. The summed E-state index contributed by atoms with van der Waals surface area (Å²) in [7, 11) is 0. The molecule has 0 spiro atoms. The highest BCUT2D eigenvalue weighted by Gasteiger charge is 2.53. The lowest BCUT2D eigenvalue weighted by atomic mass is 9.82. The zero-order valence-electron chi connectivity index (χ0n) is 18.2. The Hall–Kier alpha value is -1.21. The van der Waals surface area contributed by atoms with Crippen LogP contribution in [-0.4, -0.2) is 47.8 Å². The molecule has 0 radical (unpaired) electrons. The molecule has 3 saturated heterocycles. The van der Waals surface area contributed by atoms with Gasteiger partial charge in [-0.3, -0.25) is 0 Å². The number of quaternary nitrogens is 1. The molecule has 1 saturated carbocycles. The molecule has 0 amide bonds. The van der Waals surface area contributed by atoms with Gasteiger partial charge in [0, 0.05) is 40.9 Å². The van der Waals surface area contributed by atoms with Crippen molar-refractivity contribution >= 4 is 28.6 Å². The number of nitrogens with zero attached hydrogens (tertiary/aromatic N) is 1. The Labute approximate surface area is 193 Å². The number of aliphatic hydroxyl groups is 1. The number of rotatable bonds is 8. The van der Waals surface area contributed by atoms with Gasteiger partial charge in [0.1, 0.15) is 6.54 Å². The molecule has 5 heterocycles. The first-order valence-corrected chi connectivity index (χ1v) is 13.7. The van der Waals surface area contributed by atoms with Crippen molar-refractivity contribution in [2.24, 2.45) is 11.8 Å². The van der Waals surface area contributed by atoms with Crippen molar-refractivity contribution in [3.8, 4) is 0 Å². The van der Waals surface area contributed by atoms with Crippen LogP contribution >= 0.6 is 22.7 Å². The summed E-state index contributed by atoms with van der Waals surface area (Å²) >= 11 is 3.32. The van der Waals surface area contributed by atoms with Gasteiger partial charge in [0.2, 0.25) is 0 Å². The second kappa shape index (κ2) is 8.97. The normalized spacial score (nSPS) is 30.4. The maximum absolute atomic E-state index is 13.5. The third-order valence-electron chi connectivity index (χ3n) is 8.09. The summed E-state index contributed by atoms with van der Waals surface area (Å²) in [6, 6.07) is 8.19. The number of esters is 1. The van der Waals surface area contributed by atoms with E-state index in [1.165, 1.54) is 35.7 Å². The molecule has 4 aliphatic rings. The average Bonchev–Trinajstić information content (AvgIpc) is 3.58. The summed E-state index contributed by atoms with van der Waals surface area (Å²) in [5.41, 5.74) is -1.47. The van der Waals surface area contributed by atoms with E-state index in [2.05, 4.69) is 17.5 Å². The van der Waals surface area contributed by atoms with Crippen LogP contribution in [0.15, 0.2) is 35.0 Å². The third-order valence-corrected chi connectivity index (χ3v) is 10.0. The summed E-state index contributed by atoms with van der Waals surface area (Å²) in [5.74, 6) is 0.0448. The Bertz CT molecular complexity index is 851.